The van der Waals surface area contributed by atoms with E-state index in [-0.39, 0.29) is 16.4 Å². The summed E-state index contributed by atoms with van der Waals surface area (Å²) in [6, 6.07) is 3.11. The van der Waals surface area contributed by atoms with E-state index in [4.69, 9.17) is 17.5 Å². The molecule has 3 heterocycles. The molecule has 2 radical (unpaired) electrons. The van der Waals surface area contributed by atoms with Gasteiger partial charge < -0.3 is 14.3 Å². The number of aryl methyl sites for hydroxylation is 1. The zero-order valence-electron chi connectivity index (χ0n) is 16.5. The minimum Gasteiger partial charge on any atom is -0.474 e. The van der Waals surface area contributed by atoms with E-state index in [0.29, 0.717) is 41.6 Å². The summed E-state index contributed by atoms with van der Waals surface area (Å²) in [5.41, 5.74) is 1.17. The summed E-state index contributed by atoms with van der Waals surface area (Å²) in [6.45, 7) is 5.10. The zero-order valence-corrected chi connectivity index (χ0v) is 17.4. The molecule has 0 aromatic carbocycles. The Hall–Kier alpha value is -2.20. The van der Waals surface area contributed by atoms with Gasteiger partial charge in [0.25, 0.3) is 0 Å². The van der Waals surface area contributed by atoms with Crippen molar-refractivity contribution in [1.82, 2.24) is 19.8 Å². The fourth-order valence-corrected chi connectivity index (χ4v) is 4.86. The first-order valence-corrected chi connectivity index (χ1v) is 11.3. The number of hydrogen-bond acceptors (Lipinski definition) is 8. The molecular weight excluding hydrogens is 391 g/mol. The lowest BCUT2D eigenvalue weighted by Crippen LogP contribution is -2.36. The van der Waals surface area contributed by atoms with Gasteiger partial charge in [0.15, 0.2) is 28.6 Å². The number of pyridine rings is 1. The number of nitrogens with zero attached hydrogens (tertiary/aromatic N) is 4. The lowest BCUT2D eigenvalue weighted by molar-refractivity contribution is 0.129. The molecule has 0 atom stereocenters. The Labute approximate surface area is 172 Å². The number of hydrogen-bond donors (Lipinski definition) is 0. The number of sulfone groups is 1. The lowest BCUT2D eigenvalue weighted by atomic mass is 10.0. The van der Waals surface area contributed by atoms with E-state index in [1.54, 1.807) is 17.8 Å². The Kier molecular flexibility index (Phi) is 5.48. The third-order valence-corrected chi connectivity index (χ3v) is 7.38. The number of ether oxygens (including phenoxy) is 2. The molecule has 2 fully saturated rings. The normalized spacial score (nSPS) is 18.6. The van der Waals surface area contributed by atoms with Crippen LogP contribution in [0.3, 0.4) is 0 Å². The first-order chi connectivity index (χ1) is 13.8. The SMILES string of the molecule is [B]N1CCC(Oc2ncnc(Oc3ccc(S(=O)(=O)C4CC4)nc3C)c2C)CC1. The van der Waals surface area contributed by atoms with Crippen LogP contribution in [-0.4, -0.2) is 60.6 Å². The summed E-state index contributed by atoms with van der Waals surface area (Å²) in [7, 11) is 2.45. The Balaban J connectivity index is 1.51. The summed E-state index contributed by atoms with van der Waals surface area (Å²) in [5, 5.41) is -0.198. The van der Waals surface area contributed by atoms with Crippen LogP contribution in [0.4, 0.5) is 0 Å². The largest absolute Gasteiger partial charge is 0.474 e. The fourth-order valence-electron chi connectivity index (χ4n) is 3.24. The van der Waals surface area contributed by atoms with Gasteiger partial charge in [0.1, 0.15) is 12.4 Å². The quantitative estimate of drug-likeness (QED) is 0.664. The second-order valence-electron chi connectivity index (χ2n) is 7.54. The van der Waals surface area contributed by atoms with Gasteiger partial charge in [-0.05, 0) is 64.8 Å². The molecule has 0 unspecified atom stereocenters. The van der Waals surface area contributed by atoms with Gasteiger partial charge in [0, 0.05) is 0 Å². The average molecular weight is 414 g/mol. The van der Waals surface area contributed by atoms with Crippen LogP contribution in [-0.2, 0) is 9.84 Å². The summed E-state index contributed by atoms with van der Waals surface area (Å²) in [5.74, 6) is 1.28. The topological polar surface area (TPSA) is 94.5 Å². The molecule has 0 amide bonds. The highest BCUT2D eigenvalue weighted by atomic mass is 32.2. The monoisotopic (exact) mass is 414 g/mol. The first kappa shape index (κ1) is 20.1. The van der Waals surface area contributed by atoms with E-state index < -0.39 is 9.84 Å². The van der Waals surface area contributed by atoms with Crippen LogP contribution >= 0.6 is 0 Å². The number of piperidine rings is 1. The molecular formula is C19H23BN4O4S. The van der Waals surface area contributed by atoms with Gasteiger partial charge in [-0.3, -0.25) is 0 Å². The minimum absolute atomic E-state index is 0.0477. The van der Waals surface area contributed by atoms with E-state index in [1.165, 1.54) is 12.4 Å². The van der Waals surface area contributed by atoms with Gasteiger partial charge in [-0.15, -0.1) is 0 Å². The van der Waals surface area contributed by atoms with Crippen LogP contribution in [0.15, 0.2) is 23.5 Å². The molecule has 0 N–H and O–H groups in total. The molecule has 152 valence electrons. The zero-order chi connectivity index (χ0) is 20.6. The standard InChI is InChI=1S/C19H23BN4O4S/c1-12-18(27-14-7-9-24(20)10-8-14)21-11-22-19(12)28-16-5-6-17(23-13(16)2)29(25,26)15-3-4-15/h5-6,11,14-15H,3-4,7-10H2,1-2H3. The number of aromatic nitrogens is 3. The summed E-state index contributed by atoms with van der Waals surface area (Å²) >= 11 is 0. The van der Waals surface area contributed by atoms with Gasteiger partial charge in [0.2, 0.25) is 11.8 Å². The van der Waals surface area contributed by atoms with E-state index in [0.717, 1.165) is 25.9 Å². The summed E-state index contributed by atoms with van der Waals surface area (Å²) in [4.78, 5) is 14.5. The minimum atomic E-state index is -3.34. The van der Waals surface area contributed by atoms with Crippen LogP contribution in [0, 0.1) is 13.8 Å². The molecule has 1 saturated heterocycles. The second-order valence-corrected chi connectivity index (χ2v) is 9.72. The molecule has 1 aliphatic carbocycles. The van der Waals surface area contributed by atoms with E-state index in [9.17, 15) is 8.42 Å². The highest BCUT2D eigenvalue weighted by Gasteiger charge is 2.38. The molecule has 2 aliphatic rings. The predicted octanol–water partition coefficient (Wildman–Crippen LogP) is 2.14. The van der Waals surface area contributed by atoms with E-state index >= 15 is 0 Å². The maximum atomic E-state index is 12.4. The second kappa shape index (κ2) is 7.91. The molecule has 29 heavy (non-hydrogen) atoms. The van der Waals surface area contributed by atoms with Crippen molar-refractivity contribution < 1.29 is 17.9 Å². The highest BCUT2D eigenvalue weighted by molar-refractivity contribution is 7.92. The van der Waals surface area contributed by atoms with Gasteiger partial charge >= 0.3 is 0 Å². The van der Waals surface area contributed by atoms with Crippen molar-refractivity contribution in [3.05, 3.63) is 29.7 Å². The molecule has 1 aliphatic heterocycles. The van der Waals surface area contributed by atoms with Gasteiger partial charge in [-0.2, -0.15) is 0 Å². The highest BCUT2D eigenvalue weighted by Crippen LogP contribution is 2.35. The van der Waals surface area contributed by atoms with Gasteiger partial charge in [-0.25, -0.2) is 23.4 Å². The summed E-state index contributed by atoms with van der Waals surface area (Å²) in [6.07, 6.45) is 4.51. The number of rotatable bonds is 6. The average Bonchev–Trinajstić information content (AvgIpc) is 3.54. The van der Waals surface area contributed by atoms with E-state index in [2.05, 4.69) is 15.0 Å². The van der Waals surface area contributed by atoms with Crippen molar-refractivity contribution in [3.8, 4) is 17.5 Å². The Morgan fingerprint density at radius 1 is 1.07 bits per heavy atom. The third-order valence-electron chi connectivity index (χ3n) is 5.22. The van der Waals surface area contributed by atoms with Crippen LogP contribution in [0.2, 0.25) is 0 Å². The molecule has 8 nitrogen and oxygen atoms in total. The van der Waals surface area contributed by atoms with Crippen LogP contribution in [0.25, 0.3) is 0 Å². The molecule has 1 saturated carbocycles. The molecule has 2 aromatic heterocycles. The van der Waals surface area contributed by atoms with Gasteiger partial charge in [0.05, 0.1) is 16.5 Å². The molecule has 2 aromatic rings. The fraction of sp³-hybridized carbons (Fsp3) is 0.526. The van der Waals surface area contributed by atoms with E-state index in [1.807, 2.05) is 6.92 Å². The van der Waals surface area contributed by atoms with Crippen LogP contribution in [0.1, 0.15) is 36.9 Å². The predicted molar refractivity (Wildman–Crippen MR) is 107 cm³/mol. The van der Waals surface area contributed by atoms with Crippen LogP contribution in [0.5, 0.6) is 17.5 Å². The maximum Gasteiger partial charge on any atom is 0.229 e. The smallest absolute Gasteiger partial charge is 0.229 e. The van der Waals surface area contributed by atoms with Crippen molar-refractivity contribution >= 4 is 17.8 Å². The van der Waals surface area contributed by atoms with Crippen molar-refractivity contribution in [2.24, 2.45) is 0 Å². The molecule has 10 heteroatoms. The van der Waals surface area contributed by atoms with Crippen molar-refractivity contribution in [3.63, 3.8) is 0 Å². The maximum absolute atomic E-state index is 12.4. The Morgan fingerprint density at radius 2 is 1.76 bits per heavy atom. The Bertz CT molecular complexity index is 1010. The lowest BCUT2D eigenvalue weighted by Gasteiger charge is -2.29. The van der Waals surface area contributed by atoms with Crippen molar-refractivity contribution in [1.29, 1.82) is 0 Å². The van der Waals surface area contributed by atoms with Crippen molar-refractivity contribution in [2.45, 2.75) is 55.9 Å². The Morgan fingerprint density at radius 3 is 2.41 bits per heavy atom. The molecule has 4 rings (SSSR count). The molecule has 0 spiro atoms. The van der Waals surface area contributed by atoms with Crippen molar-refractivity contribution in [2.75, 3.05) is 13.1 Å². The third kappa shape index (κ3) is 4.38. The van der Waals surface area contributed by atoms with Gasteiger partial charge in [-0.1, -0.05) is 0 Å². The first-order valence-electron chi connectivity index (χ1n) is 9.72. The van der Waals surface area contributed by atoms with Crippen LogP contribution < -0.4 is 9.47 Å². The summed E-state index contributed by atoms with van der Waals surface area (Å²) < 4.78 is 36.7. The molecule has 0 bridgehead atoms.